The fourth-order valence-electron chi connectivity index (χ4n) is 6.82. The number of hydrogen-bond donors (Lipinski definition) is 1. The molecule has 3 heterocycles. The van der Waals surface area contributed by atoms with Crippen LogP contribution in [-0.2, 0) is 11.3 Å². The predicted molar refractivity (Wildman–Crippen MR) is 148 cm³/mol. The van der Waals surface area contributed by atoms with E-state index in [1.165, 1.54) is 4.68 Å². The summed E-state index contributed by atoms with van der Waals surface area (Å²) >= 11 is 0. The second-order valence-corrected chi connectivity index (χ2v) is 11.3. The van der Waals surface area contributed by atoms with Crippen LogP contribution < -0.4 is 5.56 Å². The molecule has 6 rings (SSSR count). The molecular weight excluding hydrogens is 492 g/mol. The molecule has 2 aromatic carbocycles. The van der Waals surface area contributed by atoms with Crippen molar-refractivity contribution in [1.29, 1.82) is 0 Å². The Kier molecular flexibility index (Phi) is 6.99. The number of likely N-dealkylation sites (tertiary alicyclic amines) is 1. The average molecular weight is 529 g/mol. The van der Waals surface area contributed by atoms with Gasteiger partial charge in [-0.2, -0.15) is 5.10 Å². The lowest BCUT2D eigenvalue weighted by Gasteiger charge is -2.53. The Morgan fingerprint density at radius 2 is 1.69 bits per heavy atom. The summed E-state index contributed by atoms with van der Waals surface area (Å²) in [5, 5.41) is 16.6. The summed E-state index contributed by atoms with van der Waals surface area (Å²) in [6.07, 6.45) is 5.77. The van der Waals surface area contributed by atoms with Gasteiger partial charge in [0.1, 0.15) is 0 Å². The highest BCUT2D eigenvalue weighted by molar-refractivity contribution is 5.75. The van der Waals surface area contributed by atoms with Gasteiger partial charge in [0.15, 0.2) is 0 Å². The van der Waals surface area contributed by atoms with Crippen LogP contribution in [0.15, 0.2) is 77.7 Å². The molecule has 2 saturated heterocycles. The lowest BCUT2D eigenvalue weighted by molar-refractivity contribution is -0.139. The third-order valence-electron chi connectivity index (χ3n) is 9.05. The maximum absolute atomic E-state index is 13.9. The van der Waals surface area contributed by atoms with Crippen molar-refractivity contribution in [3.63, 3.8) is 0 Å². The number of nitrogens with zero attached hydrogens (tertiary/aromatic N) is 4. The number of rotatable bonds is 4. The molecule has 1 spiro atoms. The van der Waals surface area contributed by atoms with E-state index in [9.17, 15) is 14.7 Å². The first-order valence-corrected chi connectivity index (χ1v) is 14.0. The number of ether oxygens (including phenoxy) is 1. The quantitative estimate of drug-likeness (QED) is 0.551. The molecule has 2 atom stereocenters. The predicted octanol–water partition coefficient (Wildman–Crippen LogP) is 4.10. The molecule has 2 aliphatic heterocycles. The van der Waals surface area contributed by atoms with Gasteiger partial charge in [-0.3, -0.25) is 4.79 Å². The van der Waals surface area contributed by atoms with E-state index in [-0.39, 0.29) is 24.2 Å². The Labute approximate surface area is 228 Å². The van der Waals surface area contributed by atoms with Crippen LogP contribution in [0, 0.1) is 5.41 Å². The van der Waals surface area contributed by atoms with Crippen molar-refractivity contribution in [3.8, 4) is 11.1 Å². The van der Waals surface area contributed by atoms with Gasteiger partial charge in [0.2, 0.25) is 0 Å². The Hall–Kier alpha value is -3.49. The second-order valence-electron chi connectivity index (χ2n) is 11.3. The maximum Gasteiger partial charge on any atom is 0.320 e. The van der Waals surface area contributed by atoms with Crippen molar-refractivity contribution in [1.82, 2.24) is 19.6 Å². The van der Waals surface area contributed by atoms with Crippen LogP contribution in [0.1, 0.15) is 43.7 Å². The van der Waals surface area contributed by atoms with Gasteiger partial charge >= 0.3 is 6.03 Å². The number of benzene rings is 2. The molecular formula is C31H36N4O4. The summed E-state index contributed by atoms with van der Waals surface area (Å²) in [5.41, 5.74) is 0.959. The van der Waals surface area contributed by atoms with E-state index in [2.05, 4.69) is 5.10 Å². The van der Waals surface area contributed by atoms with Crippen LogP contribution in [0.2, 0.25) is 0 Å². The molecule has 1 aliphatic carbocycles. The zero-order chi connectivity index (χ0) is 26.9. The Bertz CT molecular complexity index is 1360. The fraction of sp³-hybridized carbons (Fsp3) is 0.452. The number of carbonyl (C=O) groups excluding carboxylic acids is 1. The summed E-state index contributed by atoms with van der Waals surface area (Å²) < 4.78 is 7.15. The molecule has 1 aromatic heterocycles. The second kappa shape index (κ2) is 10.6. The minimum atomic E-state index is -1.12. The van der Waals surface area contributed by atoms with Crippen LogP contribution in [0.4, 0.5) is 4.79 Å². The van der Waals surface area contributed by atoms with Gasteiger partial charge < -0.3 is 19.6 Å². The number of aliphatic hydroxyl groups is 1. The molecule has 1 N–H and O–H groups in total. The molecule has 3 aromatic rings. The largest absolute Gasteiger partial charge is 0.387 e. The summed E-state index contributed by atoms with van der Waals surface area (Å²) in [6, 6.07) is 21.2. The molecule has 2 amide bonds. The normalized spacial score (nSPS) is 24.7. The van der Waals surface area contributed by atoms with Crippen LogP contribution in [0.3, 0.4) is 0 Å². The number of piperidine rings is 1. The van der Waals surface area contributed by atoms with Crippen LogP contribution >= 0.6 is 0 Å². The Balaban J connectivity index is 1.23. The zero-order valence-corrected chi connectivity index (χ0v) is 22.2. The van der Waals surface area contributed by atoms with Gasteiger partial charge in [0.25, 0.3) is 5.56 Å². The first kappa shape index (κ1) is 25.8. The fourth-order valence-corrected chi connectivity index (χ4v) is 6.82. The van der Waals surface area contributed by atoms with Crippen molar-refractivity contribution in [3.05, 3.63) is 88.8 Å². The number of hydrogen-bond acceptors (Lipinski definition) is 5. The van der Waals surface area contributed by atoms with E-state index < -0.39 is 11.0 Å². The Morgan fingerprint density at radius 1 is 0.974 bits per heavy atom. The van der Waals surface area contributed by atoms with Gasteiger partial charge in [-0.1, -0.05) is 73.5 Å². The summed E-state index contributed by atoms with van der Waals surface area (Å²) in [7, 11) is 0. The molecule has 3 aliphatic rings. The minimum absolute atomic E-state index is 0.00276. The summed E-state index contributed by atoms with van der Waals surface area (Å²) in [6.45, 7) is 2.59. The molecule has 1 unspecified atom stereocenters. The van der Waals surface area contributed by atoms with Gasteiger partial charge in [0, 0.05) is 36.7 Å². The Morgan fingerprint density at radius 3 is 2.41 bits per heavy atom. The minimum Gasteiger partial charge on any atom is -0.387 e. The van der Waals surface area contributed by atoms with E-state index in [1.807, 2.05) is 70.5 Å². The summed E-state index contributed by atoms with van der Waals surface area (Å²) in [5.74, 6) is 0. The van der Waals surface area contributed by atoms with Crippen molar-refractivity contribution < 1.29 is 14.6 Å². The molecule has 8 nitrogen and oxygen atoms in total. The highest BCUT2D eigenvalue weighted by atomic mass is 16.5. The van der Waals surface area contributed by atoms with Crippen molar-refractivity contribution >= 4 is 6.03 Å². The molecule has 3 fully saturated rings. The van der Waals surface area contributed by atoms with Crippen molar-refractivity contribution in [2.24, 2.45) is 5.41 Å². The number of urea groups is 1. The summed E-state index contributed by atoms with van der Waals surface area (Å²) in [4.78, 5) is 30.9. The van der Waals surface area contributed by atoms with Crippen LogP contribution in [-0.4, -0.2) is 69.2 Å². The van der Waals surface area contributed by atoms with Gasteiger partial charge in [-0.25, -0.2) is 9.48 Å². The average Bonchev–Trinajstić information content (AvgIpc) is 3.46. The third kappa shape index (κ3) is 4.87. The standard InChI is InChI=1S/C31H36N4O4/c36-28-19-26(24-9-3-1-4-10-24)20-32-35(28)23-31(38)15-16-33(22-30(31)13-7-8-14-30)29(37)34-17-18-39-21-27(34)25-11-5-2-6-12-25/h1-6,9-12,19-20,27,38H,7-8,13-18,21-23H2/t27-,31?/m0/s1. The van der Waals surface area contributed by atoms with E-state index >= 15 is 0 Å². The first-order chi connectivity index (χ1) is 19.0. The van der Waals surface area contributed by atoms with Crippen LogP contribution in [0.5, 0.6) is 0 Å². The molecule has 1 saturated carbocycles. The molecule has 204 valence electrons. The van der Waals surface area contributed by atoms with Gasteiger partial charge in [0.05, 0.1) is 37.6 Å². The lowest BCUT2D eigenvalue weighted by atomic mass is 9.66. The molecule has 8 heteroatoms. The van der Waals surface area contributed by atoms with E-state index in [4.69, 9.17) is 4.74 Å². The smallest absolute Gasteiger partial charge is 0.320 e. The molecule has 0 radical (unpaired) electrons. The SMILES string of the molecule is O=C(N1CCC(O)(Cn2ncc(-c3ccccc3)cc2=O)C2(CCCC2)C1)N1CCOC[C@H]1c1ccccc1. The maximum atomic E-state index is 13.9. The van der Waals surface area contributed by atoms with Crippen molar-refractivity contribution in [2.75, 3.05) is 32.8 Å². The first-order valence-electron chi connectivity index (χ1n) is 14.0. The third-order valence-corrected chi connectivity index (χ3v) is 9.05. The number of morpholine rings is 1. The van der Waals surface area contributed by atoms with Gasteiger partial charge in [-0.05, 0) is 30.4 Å². The van der Waals surface area contributed by atoms with Crippen LogP contribution in [0.25, 0.3) is 11.1 Å². The molecule has 39 heavy (non-hydrogen) atoms. The number of carbonyl (C=O) groups is 1. The number of aromatic nitrogens is 2. The zero-order valence-electron chi connectivity index (χ0n) is 22.2. The van der Waals surface area contributed by atoms with Crippen molar-refractivity contribution in [2.45, 2.75) is 50.3 Å². The molecule has 0 bridgehead atoms. The van der Waals surface area contributed by atoms with E-state index in [1.54, 1.807) is 12.3 Å². The highest BCUT2D eigenvalue weighted by Gasteiger charge is 2.56. The lowest BCUT2D eigenvalue weighted by Crippen LogP contribution is -2.64. The highest BCUT2D eigenvalue weighted by Crippen LogP contribution is 2.51. The monoisotopic (exact) mass is 528 g/mol. The number of amides is 2. The topological polar surface area (TPSA) is 87.9 Å². The van der Waals surface area contributed by atoms with E-state index in [0.29, 0.717) is 39.3 Å². The van der Waals surface area contributed by atoms with E-state index in [0.717, 1.165) is 42.4 Å². The van der Waals surface area contributed by atoms with Gasteiger partial charge in [-0.15, -0.1) is 0 Å².